The third-order valence-electron chi connectivity index (χ3n) is 4.08. The molecule has 0 aliphatic heterocycles. The summed E-state index contributed by atoms with van der Waals surface area (Å²) in [7, 11) is 1.65. The number of benzene rings is 3. The zero-order chi connectivity index (χ0) is 18.6. The van der Waals surface area contributed by atoms with Crippen molar-refractivity contribution in [3.8, 4) is 5.75 Å². The molecule has 0 atom stereocenters. The highest BCUT2D eigenvalue weighted by molar-refractivity contribution is 6.33. The molecule has 4 aromatic rings. The summed E-state index contributed by atoms with van der Waals surface area (Å²) in [6, 6.07) is 23.0. The van der Waals surface area contributed by atoms with Gasteiger partial charge in [-0.2, -0.15) is 4.98 Å². The summed E-state index contributed by atoms with van der Waals surface area (Å²) in [6.45, 7) is 0. The molecule has 1 aromatic heterocycles. The lowest BCUT2D eigenvalue weighted by Crippen LogP contribution is -2.02. The number of hydrogen-bond donors (Lipinski definition) is 2. The molecule has 0 radical (unpaired) electrons. The van der Waals surface area contributed by atoms with Crippen LogP contribution in [0.5, 0.6) is 5.75 Å². The van der Waals surface area contributed by atoms with Crippen LogP contribution < -0.4 is 15.4 Å². The van der Waals surface area contributed by atoms with E-state index in [0.717, 1.165) is 28.0 Å². The van der Waals surface area contributed by atoms with Gasteiger partial charge >= 0.3 is 0 Å². The standard InChI is InChI=1S/C21H17ClN4O/c1-27-15-12-10-14(11-13-15)23-20-16-6-2-4-8-18(16)24-21(26-20)25-19-9-5-3-7-17(19)22/h2-13H,1H3,(H2,23,24,25,26). The molecule has 6 heteroatoms. The van der Waals surface area contributed by atoms with E-state index in [9.17, 15) is 0 Å². The maximum Gasteiger partial charge on any atom is 0.229 e. The SMILES string of the molecule is COc1ccc(Nc2nc(Nc3ccccc3Cl)nc3ccccc23)cc1. The summed E-state index contributed by atoms with van der Waals surface area (Å²) in [6.07, 6.45) is 0. The summed E-state index contributed by atoms with van der Waals surface area (Å²) in [5, 5.41) is 8.09. The Morgan fingerprint density at radius 3 is 2.33 bits per heavy atom. The minimum atomic E-state index is 0.470. The zero-order valence-electron chi connectivity index (χ0n) is 14.6. The fourth-order valence-corrected chi connectivity index (χ4v) is 2.90. The zero-order valence-corrected chi connectivity index (χ0v) is 15.4. The van der Waals surface area contributed by atoms with Crippen LogP contribution in [0.3, 0.4) is 0 Å². The molecule has 0 saturated carbocycles. The second-order valence-electron chi connectivity index (χ2n) is 5.87. The quantitative estimate of drug-likeness (QED) is 0.462. The van der Waals surface area contributed by atoms with Crippen LogP contribution in [-0.2, 0) is 0 Å². The van der Waals surface area contributed by atoms with Crippen molar-refractivity contribution < 1.29 is 4.74 Å². The monoisotopic (exact) mass is 376 g/mol. The van der Waals surface area contributed by atoms with Crippen molar-refractivity contribution in [2.75, 3.05) is 17.7 Å². The lowest BCUT2D eigenvalue weighted by Gasteiger charge is -2.13. The summed E-state index contributed by atoms with van der Waals surface area (Å²) in [5.74, 6) is 1.98. The van der Waals surface area contributed by atoms with E-state index in [0.29, 0.717) is 16.8 Å². The minimum Gasteiger partial charge on any atom is -0.497 e. The summed E-state index contributed by atoms with van der Waals surface area (Å²) in [4.78, 5) is 9.25. The normalized spacial score (nSPS) is 10.6. The second kappa shape index (κ2) is 7.51. The van der Waals surface area contributed by atoms with Gasteiger partial charge < -0.3 is 15.4 Å². The molecular formula is C21H17ClN4O. The third-order valence-corrected chi connectivity index (χ3v) is 4.41. The first-order valence-corrected chi connectivity index (χ1v) is 8.80. The molecule has 0 fully saturated rings. The van der Waals surface area contributed by atoms with Crippen LogP contribution in [0.25, 0.3) is 10.9 Å². The number of ether oxygens (including phenoxy) is 1. The van der Waals surface area contributed by atoms with Crippen LogP contribution in [0.15, 0.2) is 72.8 Å². The minimum absolute atomic E-state index is 0.470. The van der Waals surface area contributed by atoms with Crippen LogP contribution in [0.2, 0.25) is 5.02 Å². The number of para-hydroxylation sites is 2. The molecule has 4 rings (SSSR count). The first kappa shape index (κ1) is 17.1. The predicted molar refractivity (Wildman–Crippen MR) is 111 cm³/mol. The molecule has 0 saturated heterocycles. The van der Waals surface area contributed by atoms with Gasteiger partial charge in [0.2, 0.25) is 5.95 Å². The number of nitrogens with zero attached hydrogens (tertiary/aromatic N) is 2. The Bertz CT molecular complexity index is 1080. The van der Waals surface area contributed by atoms with Crippen molar-refractivity contribution in [1.82, 2.24) is 9.97 Å². The van der Waals surface area contributed by atoms with E-state index in [1.807, 2.05) is 72.8 Å². The van der Waals surface area contributed by atoms with Gasteiger partial charge in [-0.3, -0.25) is 0 Å². The van der Waals surface area contributed by atoms with Crippen LogP contribution in [0, 0.1) is 0 Å². The van der Waals surface area contributed by atoms with Crippen molar-refractivity contribution in [2.24, 2.45) is 0 Å². The highest BCUT2D eigenvalue weighted by Crippen LogP contribution is 2.29. The molecule has 134 valence electrons. The molecule has 0 unspecified atom stereocenters. The van der Waals surface area contributed by atoms with Crippen LogP contribution in [0.4, 0.5) is 23.1 Å². The topological polar surface area (TPSA) is 59.1 Å². The van der Waals surface area contributed by atoms with E-state index in [2.05, 4.69) is 20.6 Å². The highest BCUT2D eigenvalue weighted by atomic mass is 35.5. The van der Waals surface area contributed by atoms with Gasteiger partial charge in [0.15, 0.2) is 0 Å². The molecule has 0 spiro atoms. The molecule has 2 N–H and O–H groups in total. The van der Waals surface area contributed by atoms with Gasteiger partial charge in [0.25, 0.3) is 0 Å². The Labute approximate surface area is 162 Å². The third kappa shape index (κ3) is 3.78. The molecule has 5 nitrogen and oxygen atoms in total. The van der Waals surface area contributed by atoms with Crippen LogP contribution >= 0.6 is 11.6 Å². The Kier molecular flexibility index (Phi) is 4.77. The van der Waals surface area contributed by atoms with Gasteiger partial charge in [-0.05, 0) is 48.5 Å². The lowest BCUT2D eigenvalue weighted by molar-refractivity contribution is 0.415. The fraction of sp³-hybridized carbons (Fsp3) is 0.0476. The Balaban J connectivity index is 1.72. The molecule has 0 aliphatic rings. The molecule has 1 heterocycles. The molecule has 27 heavy (non-hydrogen) atoms. The highest BCUT2D eigenvalue weighted by Gasteiger charge is 2.09. The van der Waals surface area contributed by atoms with Crippen molar-refractivity contribution >= 4 is 45.6 Å². The molecule has 3 aromatic carbocycles. The van der Waals surface area contributed by atoms with E-state index in [4.69, 9.17) is 16.3 Å². The van der Waals surface area contributed by atoms with Gasteiger partial charge in [-0.1, -0.05) is 35.9 Å². The van der Waals surface area contributed by atoms with Crippen molar-refractivity contribution in [3.63, 3.8) is 0 Å². The number of halogens is 1. The lowest BCUT2D eigenvalue weighted by atomic mass is 10.2. The summed E-state index contributed by atoms with van der Waals surface area (Å²) < 4.78 is 5.21. The molecule has 0 aliphatic carbocycles. The number of rotatable bonds is 5. The van der Waals surface area contributed by atoms with E-state index in [1.165, 1.54) is 0 Å². The van der Waals surface area contributed by atoms with Crippen molar-refractivity contribution in [3.05, 3.63) is 77.8 Å². The first-order chi connectivity index (χ1) is 13.2. The fourth-order valence-electron chi connectivity index (χ4n) is 2.72. The van der Waals surface area contributed by atoms with Gasteiger partial charge in [0.05, 0.1) is 23.3 Å². The number of hydrogen-bond acceptors (Lipinski definition) is 5. The molecule has 0 amide bonds. The Morgan fingerprint density at radius 2 is 1.56 bits per heavy atom. The maximum atomic E-state index is 6.24. The number of aromatic nitrogens is 2. The van der Waals surface area contributed by atoms with E-state index in [1.54, 1.807) is 7.11 Å². The number of nitrogens with one attached hydrogen (secondary N) is 2. The average Bonchev–Trinajstić information content (AvgIpc) is 2.70. The number of fused-ring (bicyclic) bond motifs is 1. The van der Waals surface area contributed by atoms with Crippen molar-refractivity contribution in [1.29, 1.82) is 0 Å². The van der Waals surface area contributed by atoms with Crippen LogP contribution in [0.1, 0.15) is 0 Å². The Hall–Kier alpha value is -3.31. The maximum absolute atomic E-state index is 6.24. The largest absolute Gasteiger partial charge is 0.497 e. The van der Waals surface area contributed by atoms with E-state index in [-0.39, 0.29) is 0 Å². The Morgan fingerprint density at radius 1 is 0.815 bits per heavy atom. The van der Waals surface area contributed by atoms with Gasteiger partial charge in [-0.25, -0.2) is 4.98 Å². The van der Waals surface area contributed by atoms with Gasteiger partial charge in [0, 0.05) is 11.1 Å². The van der Waals surface area contributed by atoms with Crippen molar-refractivity contribution in [2.45, 2.75) is 0 Å². The summed E-state index contributed by atoms with van der Waals surface area (Å²) >= 11 is 6.24. The molecule has 0 bridgehead atoms. The first-order valence-electron chi connectivity index (χ1n) is 8.42. The summed E-state index contributed by atoms with van der Waals surface area (Å²) in [5.41, 5.74) is 2.49. The number of methoxy groups -OCH3 is 1. The van der Waals surface area contributed by atoms with E-state index >= 15 is 0 Å². The van der Waals surface area contributed by atoms with Crippen LogP contribution in [-0.4, -0.2) is 17.1 Å². The van der Waals surface area contributed by atoms with Gasteiger partial charge in [-0.15, -0.1) is 0 Å². The van der Waals surface area contributed by atoms with Gasteiger partial charge in [0.1, 0.15) is 11.6 Å². The number of anilines is 4. The average molecular weight is 377 g/mol. The second-order valence-corrected chi connectivity index (χ2v) is 6.28. The predicted octanol–water partition coefficient (Wildman–Crippen LogP) is 5.78. The molecular weight excluding hydrogens is 360 g/mol. The smallest absolute Gasteiger partial charge is 0.229 e. The van der Waals surface area contributed by atoms with E-state index < -0.39 is 0 Å².